The van der Waals surface area contributed by atoms with Crippen molar-refractivity contribution in [1.29, 1.82) is 0 Å². The lowest BCUT2D eigenvalue weighted by molar-refractivity contribution is -0.142. The normalized spacial score (nSPS) is 20.9. The predicted octanol–water partition coefficient (Wildman–Crippen LogP) is 3.39. The smallest absolute Gasteiger partial charge is 0.320 e. The van der Waals surface area contributed by atoms with Gasteiger partial charge in [0.1, 0.15) is 6.04 Å². The molecule has 0 radical (unpaired) electrons. The molecule has 3 nitrogen and oxygen atoms in total. The van der Waals surface area contributed by atoms with Crippen molar-refractivity contribution in [2.45, 2.75) is 24.9 Å². The lowest BCUT2D eigenvalue weighted by Gasteiger charge is -2.30. The van der Waals surface area contributed by atoms with Gasteiger partial charge in [0, 0.05) is 11.4 Å². The van der Waals surface area contributed by atoms with E-state index in [0.29, 0.717) is 0 Å². The van der Waals surface area contributed by atoms with Gasteiger partial charge in [-0.05, 0) is 29.9 Å². The maximum atomic E-state index is 11.5. The van der Waals surface area contributed by atoms with Crippen LogP contribution in [0, 0.1) is 0 Å². The van der Waals surface area contributed by atoms with Gasteiger partial charge in [-0.1, -0.05) is 36.4 Å². The number of aliphatic carboxylic acids is 1. The molecule has 0 bridgehead atoms. The molecule has 1 aromatic carbocycles. The number of nitrogens with zero attached hydrogens (tertiary/aromatic N) is 1. The molecule has 20 heavy (non-hydrogen) atoms. The summed E-state index contributed by atoms with van der Waals surface area (Å²) in [5.41, 5.74) is 1.17. The van der Waals surface area contributed by atoms with Gasteiger partial charge in [-0.2, -0.15) is 0 Å². The third kappa shape index (κ3) is 2.49. The number of thiophene rings is 1. The van der Waals surface area contributed by atoms with Crippen molar-refractivity contribution in [3.63, 3.8) is 0 Å². The van der Waals surface area contributed by atoms with Crippen LogP contribution in [0.25, 0.3) is 0 Å². The Morgan fingerprint density at radius 2 is 2.05 bits per heavy atom. The Morgan fingerprint density at radius 3 is 2.70 bits per heavy atom. The summed E-state index contributed by atoms with van der Waals surface area (Å²) in [5, 5.41) is 11.5. The lowest BCUT2D eigenvalue weighted by Crippen LogP contribution is -2.38. The average Bonchev–Trinajstić information content (AvgIpc) is 3.12. The summed E-state index contributed by atoms with van der Waals surface area (Å²) in [7, 11) is 0. The van der Waals surface area contributed by atoms with Crippen LogP contribution >= 0.6 is 11.3 Å². The molecule has 1 saturated heterocycles. The molecule has 0 spiro atoms. The first-order valence-electron chi connectivity index (χ1n) is 6.84. The van der Waals surface area contributed by atoms with Crippen LogP contribution in [0.3, 0.4) is 0 Å². The van der Waals surface area contributed by atoms with Crippen molar-refractivity contribution in [2.24, 2.45) is 0 Å². The first kappa shape index (κ1) is 13.3. The zero-order chi connectivity index (χ0) is 13.9. The van der Waals surface area contributed by atoms with Crippen molar-refractivity contribution in [3.05, 3.63) is 58.3 Å². The van der Waals surface area contributed by atoms with Crippen LogP contribution in [-0.4, -0.2) is 28.6 Å². The van der Waals surface area contributed by atoms with E-state index < -0.39 is 5.97 Å². The average molecular weight is 287 g/mol. The Balaban J connectivity index is 2.00. The van der Waals surface area contributed by atoms with Gasteiger partial charge in [0.25, 0.3) is 0 Å². The van der Waals surface area contributed by atoms with Gasteiger partial charge in [0.2, 0.25) is 0 Å². The van der Waals surface area contributed by atoms with E-state index in [-0.39, 0.29) is 12.1 Å². The molecular formula is C16H17NO2S. The number of benzene rings is 1. The van der Waals surface area contributed by atoms with Crippen LogP contribution in [0.15, 0.2) is 47.8 Å². The summed E-state index contributed by atoms with van der Waals surface area (Å²) in [4.78, 5) is 14.8. The van der Waals surface area contributed by atoms with E-state index in [0.717, 1.165) is 19.4 Å². The highest BCUT2D eigenvalue weighted by Crippen LogP contribution is 2.36. The van der Waals surface area contributed by atoms with E-state index in [4.69, 9.17) is 0 Å². The quantitative estimate of drug-likeness (QED) is 0.937. The van der Waals surface area contributed by atoms with Crippen molar-refractivity contribution >= 4 is 17.3 Å². The first-order chi connectivity index (χ1) is 9.77. The number of carboxylic acid groups (broad SMARTS) is 1. The summed E-state index contributed by atoms with van der Waals surface area (Å²) in [6.45, 7) is 0.842. The SMILES string of the molecule is O=C(O)C1CCCN1C(c1ccccc1)c1cccs1. The lowest BCUT2D eigenvalue weighted by atomic mass is 10.0. The van der Waals surface area contributed by atoms with Gasteiger partial charge < -0.3 is 5.11 Å². The fraction of sp³-hybridized carbons (Fsp3) is 0.312. The molecule has 3 rings (SSSR count). The molecule has 1 N–H and O–H groups in total. The minimum atomic E-state index is -0.708. The van der Waals surface area contributed by atoms with Crippen LogP contribution in [0.5, 0.6) is 0 Å². The number of carbonyl (C=O) groups is 1. The summed E-state index contributed by atoms with van der Waals surface area (Å²) >= 11 is 1.69. The van der Waals surface area contributed by atoms with E-state index >= 15 is 0 Å². The summed E-state index contributed by atoms with van der Waals surface area (Å²) in [5.74, 6) is -0.708. The molecule has 2 unspecified atom stereocenters. The van der Waals surface area contributed by atoms with Gasteiger partial charge in [-0.25, -0.2) is 0 Å². The molecule has 0 saturated carbocycles. The van der Waals surface area contributed by atoms with E-state index in [2.05, 4.69) is 28.5 Å². The molecule has 104 valence electrons. The Kier molecular flexibility index (Phi) is 3.85. The predicted molar refractivity (Wildman–Crippen MR) is 80.0 cm³/mol. The Morgan fingerprint density at radius 1 is 1.25 bits per heavy atom. The van der Waals surface area contributed by atoms with E-state index in [1.807, 2.05) is 24.3 Å². The highest BCUT2D eigenvalue weighted by atomic mass is 32.1. The van der Waals surface area contributed by atoms with Crippen LogP contribution in [0.4, 0.5) is 0 Å². The van der Waals surface area contributed by atoms with Gasteiger partial charge >= 0.3 is 5.97 Å². The molecule has 0 aliphatic carbocycles. The van der Waals surface area contributed by atoms with Crippen LogP contribution in [0.1, 0.15) is 29.3 Å². The molecule has 4 heteroatoms. The molecule has 2 atom stereocenters. The van der Waals surface area contributed by atoms with Crippen LogP contribution < -0.4 is 0 Å². The van der Waals surface area contributed by atoms with Gasteiger partial charge in [-0.15, -0.1) is 11.3 Å². The zero-order valence-corrected chi connectivity index (χ0v) is 11.9. The molecule has 2 heterocycles. The topological polar surface area (TPSA) is 40.5 Å². The van der Waals surface area contributed by atoms with Crippen molar-refractivity contribution in [3.8, 4) is 0 Å². The van der Waals surface area contributed by atoms with Gasteiger partial charge in [-0.3, -0.25) is 9.69 Å². The van der Waals surface area contributed by atoms with Gasteiger partial charge in [0.15, 0.2) is 0 Å². The van der Waals surface area contributed by atoms with Crippen molar-refractivity contribution in [2.75, 3.05) is 6.54 Å². The molecule has 1 aromatic heterocycles. The highest BCUT2D eigenvalue weighted by molar-refractivity contribution is 7.10. The highest BCUT2D eigenvalue weighted by Gasteiger charge is 2.37. The third-order valence-electron chi connectivity index (χ3n) is 3.84. The van der Waals surface area contributed by atoms with E-state index in [1.165, 1.54) is 10.4 Å². The summed E-state index contributed by atoms with van der Waals surface area (Å²) in [6, 6.07) is 14.0. The summed E-state index contributed by atoms with van der Waals surface area (Å²) < 4.78 is 0. The van der Waals surface area contributed by atoms with E-state index in [1.54, 1.807) is 11.3 Å². The maximum Gasteiger partial charge on any atom is 0.320 e. The number of hydrogen-bond donors (Lipinski definition) is 1. The number of carboxylic acids is 1. The summed E-state index contributed by atoms with van der Waals surface area (Å²) in [6.07, 6.45) is 1.69. The van der Waals surface area contributed by atoms with Crippen molar-refractivity contribution < 1.29 is 9.90 Å². The minimum absolute atomic E-state index is 0.0554. The standard InChI is InChI=1S/C16H17NO2S/c18-16(19)13-8-4-10-17(13)15(14-9-5-11-20-14)12-6-2-1-3-7-12/h1-3,5-7,9,11,13,15H,4,8,10H2,(H,18,19). The van der Waals surface area contributed by atoms with Gasteiger partial charge in [0.05, 0.1) is 6.04 Å². The molecule has 1 aliphatic rings. The molecular weight excluding hydrogens is 270 g/mol. The first-order valence-corrected chi connectivity index (χ1v) is 7.72. The number of likely N-dealkylation sites (tertiary alicyclic amines) is 1. The van der Waals surface area contributed by atoms with Crippen molar-refractivity contribution in [1.82, 2.24) is 4.90 Å². The van der Waals surface area contributed by atoms with Crippen LogP contribution in [0.2, 0.25) is 0 Å². The molecule has 2 aromatic rings. The monoisotopic (exact) mass is 287 g/mol. The second-order valence-electron chi connectivity index (χ2n) is 5.06. The Hall–Kier alpha value is -1.65. The minimum Gasteiger partial charge on any atom is -0.480 e. The van der Waals surface area contributed by atoms with E-state index in [9.17, 15) is 9.90 Å². The fourth-order valence-corrected chi connectivity index (χ4v) is 3.84. The maximum absolute atomic E-state index is 11.5. The fourth-order valence-electron chi connectivity index (χ4n) is 2.96. The Labute approximate surface area is 122 Å². The molecule has 1 fully saturated rings. The number of hydrogen-bond acceptors (Lipinski definition) is 3. The second kappa shape index (κ2) is 5.77. The third-order valence-corrected chi connectivity index (χ3v) is 4.76. The Bertz CT molecular complexity index is 567. The second-order valence-corrected chi connectivity index (χ2v) is 6.04. The van der Waals surface area contributed by atoms with Crippen LogP contribution in [-0.2, 0) is 4.79 Å². The molecule has 1 aliphatic heterocycles. The number of rotatable bonds is 4. The molecule has 0 amide bonds. The zero-order valence-electron chi connectivity index (χ0n) is 11.1. The largest absolute Gasteiger partial charge is 0.480 e.